The summed E-state index contributed by atoms with van der Waals surface area (Å²) in [4.78, 5) is 18.1. The minimum Gasteiger partial charge on any atom is -0.356 e. The summed E-state index contributed by atoms with van der Waals surface area (Å²) in [6.45, 7) is 3.65. The van der Waals surface area contributed by atoms with E-state index < -0.39 is 0 Å². The van der Waals surface area contributed by atoms with Crippen LogP contribution in [0.2, 0.25) is 0 Å². The van der Waals surface area contributed by atoms with Crippen molar-refractivity contribution in [1.82, 2.24) is 25.3 Å². The van der Waals surface area contributed by atoms with E-state index in [-0.39, 0.29) is 36.4 Å². The van der Waals surface area contributed by atoms with Crippen molar-refractivity contribution in [2.45, 2.75) is 26.3 Å². The molecule has 2 rings (SSSR count). The molecule has 1 aromatic heterocycles. The number of guanidine groups is 1. The van der Waals surface area contributed by atoms with Crippen molar-refractivity contribution in [3.63, 3.8) is 0 Å². The summed E-state index contributed by atoms with van der Waals surface area (Å²) >= 11 is 0. The molecule has 2 aromatic rings. The van der Waals surface area contributed by atoms with Crippen LogP contribution in [0.1, 0.15) is 25.3 Å². The third-order valence-electron chi connectivity index (χ3n) is 4.09. The second-order valence-electron chi connectivity index (χ2n) is 6.63. The van der Waals surface area contributed by atoms with Crippen LogP contribution in [-0.2, 0) is 18.4 Å². The Morgan fingerprint density at radius 3 is 2.57 bits per heavy atom. The fraction of sp³-hybridized carbons (Fsp3) is 0.450. The number of carbonyl (C=O) groups excluding carboxylic acids is 1. The molecule has 0 radical (unpaired) electrons. The molecule has 7 nitrogen and oxygen atoms in total. The number of aryl methyl sites for hydroxylation is 1. The van der Waals surface area contributed by atoms with Crippen LogP contribution < -0.4 is 10.6 Å². The van der Waals surface area contributed by atoms with E-state index in [1.807, 2.05) is 43.6 Å². The summed E-state index contributed by atoms with van der Waals surface area (Å²) in [6.07, 6.45) is 4.13. The van der Waals surface area contributed by atoms with Gasteiger partial charge in [-0.2, -0.15) is 5.10 Å². The van der Waals surface area contributed by atoms with Crippen LogP contribution in [0.3, 0.4) is 0 Å². The Balaban J connectivity index is 0.00000392. The monoisotopic (exact) mass is 498 g/mol. The number of halogens is 1. The zero-order valence-electron chi connectivity index (χ0n) is 17.1. The lowest BCUT2D eigenvalue weighted by atomic mass is 10.1. The van der Waals surface area contributed by atoms with Gasteiger partial charge in [0, 0.05) is 45.0 Å². The SMILES string of the molecule is CCCCNC(=NCc1cn(C)nc1-c1ccccc1)NCC(=O)N(C)C.I. The molecule has 0 fully saturated rings. The van der Waals surface area contributed by atoms with E-state index >= 15 is 0 Å². The third-order valence-corrected chi connectivity index (χ3v) is 4.09. The number of rotatable bonds is 8. The number of likely N-dealkylation sites (N-methyl/N-ethyl adjacent to an activating group) is 1. The molecule has 0 saturated heterocycles. The van der Waals surface area contributed by atoms with Crippen LogP contribution in [0.5, 0.6) is 0 Å². The zero-order chi connectivity index (χ0) is 19.6. The smallest absolute Gasteiger partial charge is 0.241 e. The summed E-state index contributed by atoms with van der Waals surface area (Å²) in [7, 11) is 5.40. The topological polar surface area (TPSA) is 74.5 Å². The first kappa shape index (κ1) is 23.9. The van der Waals surface area contributed by atoms with Crippen molar-refractivity contribution in [1.29, 1.82) is 0 Å². The Morgan fingerprint density at radius 2 is 1.93 bits per heavy atom. The minimum absolute atomic E-state index is 0. The van der Waals surface area contributed by atoms with Crippen molar-refractivity contribution < 1.29 is 4.79 Å². The average Bonchev–Trinajstić information content (AvgIpc) is 3.04. The highest BCUT2D eigenvalue weighted by atomic mass is 127. The predicted octanol–water partition coefficient (Wildman–Crippen LogP) is 2.63. The highest BCUT2D eigenvalue weighted by Gasteiger charge is 2.11. The highest BCUT2D eigenvalue weighted by molar-refractivity contribution is 14.0. The molecule has 0 unspecified atom stereocenters. The normalized spacial score (nSPS) is 10.9. The van der Waals surface area contributed by atoms with Crippen molar-refractivity contribution in [2.75, 3.05) is 27.2 Å². The first-order valence-corrected chi connectivity index (χ1v) is 9.31. The van der Waals surface area contributed by atoms with Gasteiger partial charge in [0.2, 0.25) is 5.91 Å². The first-order valence-electron chi connectivity index (χ1n) is 9.31. The van der Waals surface area contributed by atoms with E-state index in [1.165, 1.54) is 0 Å². The maximum absolute atomic E-state index is 11.9. The second-order valence-corrected chi connectivity index (χ2v) is 6.63. The molecule has 0 saturated carbocycles. The number of aromatic nitrogens is 2. The number of carbonyl (C=O) groups is 1. The van der Waals surface area contributed by atoms with Gasteiger partial charge < -0.3 is 15.5 Å². The molecule has 28 heavy (non-hydrogen) atoms. The summed E-state index contributed by atoms with van der Waals surface area (Å²) in [5.74, 6) is 0.646. The fourth-order valence-corrected chi connectivity index (χ4v) is 2.53. The van der Waals surface area contributed by atoms with Crippen molar-refractivity contribution in [3.05, 3.63) is 42.1 Å². The van der Waals surface area contributed by atoms with E-state index in [2.05, 4.69) is 27.6 Å². The van der Waals surface area contributed by atoms with Crippen molar-refractivity contribution in [3.8, 4) is 11.3 Å². The average molecular weight is 498 g/mol. The molecule has 154 valence electrons. The summed E-state index contributed by atoms with van der Waals surface area (Å²) < 4.78 is 1.81. The van der Waals surface area contributed by atoms with Gasteiger partial charge in [-0.3, -0.25) is 9.48 Å². The molecule has 0 aliphatic rings. The van der Waals surface area contributed by atoms with Gasteiger partial charge in [0.15, 0.2) is 5.96 Å². The largest absolute Gasteiger partial charge is 0.356 e. The predicted molar refractivity (Wildman–Crippen MR) is 125 cm³/mol. The van der Waals surface area contributed by atoms with Crippen LogP contribution in [0.15, 0.2) is 41.5 Å². The van der Waals surface area contributed by atoms with Crippen LogP contribution in [0.4, 0.5) is 0 Å². The molecule has 2 N–H and O–H groups in total. The van der Waals surface area contributed by atoms with Gasteiger partial charge in [-0.25, -0.2) is 4.99 Å². The van der Waals surface area contributed by atoms with Gasteiger partial charge in [0.25, 0.3) is 0 Å². The van der Waals surface area contributed by atoms with Gasteiger partial charge in [-0.1, -0.05) is 43.7 Å². The molecule has 0 atom stereocenters. The molecule has 0 spiro atoms. The Morgan fingerprint density at radius 1 is 1.21 bits per heavy atom. The van der Waals surface area contributed by atoms with Gasteiger partial charge in [-0.05, 0) is 6.42 Å². The van der Waals surface area contributed by atoms with Crippen LogP contribution in [0, 0.1) is 0 Å². The third kappa shape index (κ3) is 7.49. The molecular formula is C20H31IN6O. The number of nitrogens with zero attached hydrogens (tertiary/aromatic N) is 4. The number of benzene rings is 1. The molecule has 0 aliphatic heterocycles. The van der Waals surface area contributed by atoms with Gasteiger partial charge in [0.1, 0.15) is 0 Å². The van der Waals surface area contributed by atoms with Gasteiger partial charge in [-0.15, -0.1) is 24.0 Å². The number of unbranched alkanes of at least 4 members (excludes halogenated alkanes) is 1. The van der Waals surface area contributed by atoms with Crippen LogP contribution in [0.25, 0.3) is 11.3 Å². The molecule has 0 aliphatic carbocycles. The van der Waals surface area contributed by atoms with E-state index in [1.54, 1.807) is 23.7 Å². The van der Waals surface area contributed by atoms with Crippen molar-refractivity contribution in [2.24, 2.45) is 12.0 Å². The Bertz CT molecular complexity index is 757. The van der Waals surface area contributed by atoms with E-state index in [0.29, 0.717) is 12.5 Å². The maximum atomic E-state index is 11.9. The molecule has 1 heterocycles. The second kappa shape index (κ2) is 12.4. The lowest BCUT2D eigenvalue weighted by Gasteiger charge is -2.14. The van der Waals surface area contributed by atoms with E-state index in [0.717, 1.165) is 36.2 Å². The maximum Gasteiger partial charge on any atom is 0.241 e. The van der Waals surface area contributed by atoms with E-state index in [9.17, 15) is 4.79 Å². The highest BCUT2D eigenvalue weighted by Crippen LogP contribution is 2.22. The summed E-state index contributed by atoms with van der Waals surface area (Å²) in [5.41, 5.74) is 3.04. The number of nitrogens with one attached hydrogen (secondary N) is 2. The molecule has 0 bridgehead atoms. The van der Waals surface area contributed by atoms with Crippen LogP contribution in [-0.4, -0.2) is 53.7 Å². The Hall–Kier alpha value is -2.10. The number of amides is 1. The van der Waals surface area contributed by atoms with E-state index in [4.69, 9.17) is 0 Å². The van der Waals surface area contributed by atoms with Crippen molar-refractivity contribution >= 4 is 35.8 Å². The Labute approximate surface area is 184 Å². The van der Waals surface area contributed by atoms with Gasteiger partial charge >= 0.3 is 0 Å². The summed E-state index contributed by atoms with van der Waals surface area (Å²) in [5, 5.41) is 11.0. The quantitative estimate of drug-likeness (QED) is 0.254. The number of hydrogen-bond donors (Lipinski definition) is 2. The van der Waals surface area contributed by atoms with Crippen LogP contribution >= 0.6 is 24.0 Å². The number of hydrogen-bond acceptors (Lipinski definition) is 3. The molecular weight excluding hydrogens is 467 g/mol. The zero-order valence-corrected chi connectivity index (χ0v) is 19.4. The minimum atomic E-state index is 0. The first-order chi connectivity index (χ1) is 13.0. The summed E-state index contributed by atoms with van der Waals surface area (Å²) in [6, 6.07) is 10.1. The fourth-order valence-electron chi connectivity index (χ4n) is 2.53. The standard InChI is InChI=1S/C20H30N6O.HI/c1-5-6-12-21-20(23-14-18(27)25(2)3)22-13-17-15-26(4)24-19(17)16-10-8-7-9-11-16;/h7-11,15H,5-6,12-14H2,1-4H3,(H2,21,22,23);1H. The molecule has 1 aromatic carbocycles. The number of aliphatic imine (C=N–C) groups is 1. The Kier molecular flexibility index (Phi) is 10.6. The van der Waals surface area contributed by atoms with Gasteiger partial charge in [0.05, 0.1) is 18.8 Å². The lowest BCUT2D eigenvalue weighted by Crippen LogP contribution is -2.43. The molecule has 8 heteroatoms. The molecule has 1 amide bonds. The lowest BCUT2D eigenvalue weighted by molar-refractivity contribution is -0.127.